The number of benzene rings is 2. The van der Waals surface area contributed by atoms with Gasteiger partial charge in [-0.05, 0) is 66.7 Å². The van der Waals surface area contributed by atoms with Crippen molar-refractivity contribution in [3.63, 3.8) is 0 Å². The number of carbonyl (C=O) groups is 3. The van der Waals surface area contributed by atoms with Crippen LogP contribution in [0.4, 0.5) is 10.5 Å². The predicted octanol–water partition coefficient (Wildman–Crippen LogP) is 4.45. The second kappa shape index (κ2) is 7.58. The Bertz CT molecular complexity index is 1150. The van der Waals surface area contributed by atoms with Crippen LogP contribution in [0, 0.1) is 0 Å². The van der Waals surface area contributed by atoms with Crippen molar-refractivity contribution in [2.24, 2.45) is 0 Å². The number of hydrogen-bond acceptors (Lipinski definition) is 3. The molecule has 4 amide bonds. The molecule has 1 N–H and O–H groups in total. The summed E-state index contributed by atoms with van der Waals surface area (Å²) in [5, 5.41) is 3.26. The normalized spacial score (nSPS) is 15.7. The molecule has 6 nitrogen and oxygen atoms in total. The summed E-state index contributed by atoms with van der Waals surface area (Å²) in [6, 6.07) is 16.0. The molecule has 0 atom stereocenters. The van der Waals surface area contributed by atoms with Crippen molar-refractivity contribution in [3.8, 4) is 5.69 Å². The third-order valence-corrected chi connectivity index (χ3v) is 4.87. The summed E-state index contributed by atoms with van der Waals surface area (Å²) in [4.78, 5) is 38.5. The minimum absolute atomic E-state index is 0.159. The van der Waals surface area contributed by atoms with Crippen LogP contribution in [0.1, 0.15) is 5.69 Å². The molecule has 0 spiro atoms. The summed E-state index contributed by atoms with van der Waals surface area (Å²) in [6.45, 7) is 0. The zero-order chi connectivity index (χ0) is 20.5. The summed E-state index contributed by atoms with van der Waals surface area (Å²) in [7, 11) is 0. The van der Waals surface area contributed by atoms with Gasteiger partial charge >= 0.3 is 6.03 Å². The number of halogens is 2. The highest BCUT2D eigenvalue weighted by Crippen LogP contribution is 2.24. The summed E-state index contributed by atoms with van der Waals surface area (Å²) in [6.07, 6.45) is 3.24. The van der Waals surface area contributed by atoms with Gasteiger partial charge in [-0.3, -0.25) is 14.9 Å². The Labute approximate surface area is 175 Å². The molecule has 8 heteroatoms. The highest BCUT2D eigenvalue weighted by Gasteiger charge is 2.36. The Hall–Kier alpha value is -3.35. The van der Waals surface area contributed by atoms with E-state index < -0.39 is 17.8 Å². The van der Waals surface area contributed by atoms with Crippen LogP contribution in [0.25, 0.3) is 11.8 Å². The molecule has 4 rings (SSSR count). The number of carbonyl (C=O) groups excluding carboxylic acids is 3. The first-order valence-electron chi connectivity index (χ1n) is 8.54. The zero-order valence-corrected chi connectivity index (χ0v) is 16.3. The van der Waals surface area contributed by atoms with E-state index >= 15 is 0 Å². The summed E-state index contributed by atoms with van der Waals surface area (Å²) in [5.41, 5.74) is 1.55. The smallest absolute Gasteiger partial charge is 0.317 e. The Balaban J connectivity index is 1.73. The lowest BCUT2D eigenvalue weighted by Gasteiger charge is -2.26. The van der Waals surface area contributed by atoms with Crippen molar-refractivity contribution in [2.75, 3.05) is 4.90 Å². The number of hydrogen-bond donors (Lipinski definition) is 1. The van der Waals surface area contributed by atoms with E-state index in [1.807, 2.05) is 12.1 Å². The monoisotopic (exact) mass is 425 g/mol. The molecule has 0 unspecified atom stereocenters. The fourth-order valence-corrected chi connectivity index (χ4v) is 3.23. The molecule has 144 valence electrons. The third kappa shape index (κ3) is 3.68. The van der Waals surface area contributed by atoms with Gasteiger partial charge in [0.25, 0.3) is 11.8 Å². The summed E-state index contributed by atoms with van der Waals surface area (Å²) in [5.74, 6) is -1.47. The largest absolute Gasteiger partial charge is 0.335 e. The molecule has 0 saturated carbocycles. The first kappa shape index (κ1) is 19.0. The Kier molecular flexibility index (Phi) is 4.96. The molecule has 3 aromatic rings. The van der Waals surface area contributed by atoms with Crippen molar-refractivity contribution in [1.29, 1.82) is 0 Å². The van der Waals surface area contributed by atoms with Crippen molar-refractivity contribution in [2.45, 2.75) is 0 Å². The summed E-state index contributed by atoms with van der Waals surface area (Å²) < 4.78 is 1.80. The molecule has 1 aliphatic heterocycles. The highest BCUT2D eigenvalue weighted by molar-refractivity contribution is 6.39. The van der Waals surface area contributed by atoms with Gasteiger partial charge in [-0.25, -0.2) is 9.69 Å². The van der Waals surface area contributed by atoms with Gasteiger partial charge in [0.15, 0.2) is 0 Å². The van der Waals surface area contributed by atoms with Crippen molar-refractivity contribution in [3.05, 3.63) is 88.2 Å². The van der Waals surface area contributed by atoms with Gasteiger partial charge in [0.05, 0.1) is 5.69 Å². The second-order valence-corrected chi connectivity index (χ2v) is 7.09. The SMILES string of the molecule is O=C1NC(=O)N(c2ccc(Cl)cc2)C(=O)/C1=C/c1cccn1-c1ccc(Cl)cc1. The number of nitrogens with one attached hydrogen (secondary N) is 1. The number of aromatic nitrogens is 1. The molecule has 0 aliphatic carbocycles. The van der Waals surface area contributed by atoms with Crippen molar-refractivity contribution in [1.82, 2.24) is 9.88 Å². The molecule has 2 aromatic carbocycles. The van der Waals surface area contributed by atoms with Gasteiger partial charge in [0.1, 0.15) is 5.57 Å². The maximum atomic E-state index is 13.0. The Morgan fingerprint density at radius 2 is 1.38 bits per heavy atom. The topological polar surface area (TPSA) is 71.4 Å². The Morgan fingerprint density at radius 1 is 0.793 bits per heavy atom. The molecule has 2 heterocycles. The van der Waals surface area contributed by atoms with E-state index in [0.29, 0.717) is 21.4 Å². The lowest BCUT2D eigenvalue weighted by atomic mass is 10.1. The van der Waals surface area contributed by atoms with E-state index in [4.69, 9.17) is 23.2 Å². The van der Waals surface area contributed by atoms with Gasteiger partial charge < -0.3 is 4.57 Å². The molecule has 1 saturated heterocycles. The van der Waals surface area contributed by atoms with Crippen LogP contribution >= 0.6 is 23.2 Å². The first-order valence-corrected chi connectivity index (χ1v) is 9.30. The van der Waals surface area contributed by atoms with Crippen LogP contribution in [0.5, 0.6) is 0 Å². The maximum Gasteiger partial charge on any atom is 0.335 e. The van der Waals surface area contributed by atoms with E-state index in [1.54, 1.807) is 47.2 Å². The molecule has 1 aromatic heterocycles. The summed E-state index contributed by atoms with van der Waals surface area (Å²) >= 11 is 11.8. The minimum atomic E-state index is -0.812. The van der Waals surface area contributed by atoms with Crippen molar-refractivity contribution >= 4 is 52.8 Å². The fraction of sp³-hybridized carbons (Fsp3) is 0. The number of urea groups is 1. The molecule has 1 fully saturated rings. The molecular formula is C21H13Cl2N3O3. The minimum Gasteiger partial charge on any atom is -0.317 e. The van der Waals surface area contributed by atoms with E-state index in [-0.39, 0.29) is 5.57 Å². The van der Waals surface area contributed by atoms with Crippen LogP contribution in [0.3, 0.4) is 0 Å². The third-order valence-electron chi connectivity index (χ3n) is 4.36. The lowest BCUT2D eigenvalue weighted by Crippen LogP contribution is -2.54. The zero-order valence-electron chi connectivity index (χ0n) is 14.8. The lowest BCUT2D eigenvalue weighted by molar-refractivity contribution is -0.122. The molecule has 1 aliphatic rings. The van der Waals surface area contributed by atoms with Crippen LogP contribution in [0.2, 0.25) is 10.0 Å². The quantitative estimate of drug-likeness (QED) is 0.497. The maximum absolute atomic E-state index is 13.0. The molecule has 0 radical (unpaired) electrons. The van der Waals surface area contributed by atoms with E-state index in [2.05, 4.69) is 5.32 Å². The average Bonchev–Trinajstić information content (AvgIpc) is 3.15. The van der Waals surface area contributed by atoms with Gasteiger partial charge in [0, 0.05) is 27.6 Å². The van der Waals surface area contributed by atoms with E-state index in [1.165, 1.54) is 18.2 Å². The number of imide groups is 2. The second-order valence-electron chi connectivity index (χ2n) is 6.21. The standard InChI is InChI=1S/C21H13Cl2N3O3/c22-13-3-7-15(8-4-13)25-11-1-2-17(25)12-18-19(27)24-21(29)26(20(18)28)16-9-5-14(23)6-10-16/h1-12H,(H,24,27,29)/b18-12+. The number of amides is 4. The Morgan fingerprint density at radius 3 is 2.00 bits per heavy atom. The van der Waals surface area contributed by atoms with E-state index in [9.17, 15) is 14.4 Å². The van der Waals surface area contributed by atoms with Gasteiger partial charge in [-0.1, -0.05) is 23.2 Å². The number of barbiturate groups is 1. The molecular weight excluding hydrogens is 413 g/mol. The molecule has 29 heavy (non-hydrogen) atoms. The van der Waals surface area contributed by atoms with Crippen LogP contribution in [0.15, 0.2) is 72.4 Å². The predicted molar refractivity (Wildman–Crippen MR) is 111 cm³/mol. The van der Waals surface area contributed by atoms with E-state index in [0.717, 1.165) is 10.6 Å². The van der Waals surface area contributed by atoms with Crippen LogP contribution in [-0.4, -0.2) is 22.4 Å². The van der Waals surface area contributed by atoms with Crippen molar-refractivity contribution < 1.29 is 14.4 Å². The van der Waals surface area contributed by atoms with Crippen LogP contribution in [-0.2, 0) is 9.59 Å². The van der Waals surface area contributed by atoms with Gasteiger partial charge in [-0.15, -0.1) is 0 Å². The van der Waals surface area contributed by atoms with Gasteiger partial charge in [-0.2, -0.15) is 0 Å². The fourth-order valence-electron chi connectivity index (χ4n) is 2.98. The number of anilines is 1. The molecule has 0 bridgehead atoms. The van der Waals surface area contributed by atoms with Gasteiger partial charge in [0.2, 0.25) is 0 Å². The number of nitrogens with zero attached hydrogens (tertiary/aromatic N) is 2. The first-order chi connectivity index (χ1) is 13.9. The highest BCUT2D eigenvalue weighted by atomic mass is 35.5. The van der Waals surface area contributed by atoms with Crippen LogP contribution < -0.4 is 10.2 Å². The average molecular weight is 426 g/mol. The number of rotatable bonds is 3.